The number of nitrogens with one attached hydrogen (secondary N) is 1. The smallest absolute Gasteiger partial charge is 0.323 e. The molecule has 0 aliphatic carbocycles. The Balaban J connectivity index is 0. The number of halogens is 1. The van der Waals surface area contributed by atoms with Crippen LogP contribution in [0.1, 0.15) is 0 Å². The molecular weight excluding hydrogens is 93.9 g/mol. The highest BCUT2D eigenvalue weighted by molar-refractivity contribution is 6.36. The monoisotopic (exact) mass is 102 g/mol. The lowest BCUT2D eigenvalue weighted by molar-refractivity contribution is 0.885. The van der Waals surface area contributed by atoms with Crippen molar-refractivity contribution in [2.45, 2.75) is 0 Å². The summed E-state index contributed by atoms with van der Waals surface area (Å²) in [5, 5.41) is 10.0. The van der Waals surface area contributed by atoms with Gasteiger partial charge in [-0.05, 0) is 14.1 Å². The van der Waals surface area contributed by atoms with Crippen LogP contribution in [0, 0.1) is 11.2 Å². The Kier molecular flexibility index (Phi) is 24.9. The van der Waals surface area contributed by atoms with E-state index >= 15 is 0 Å². The summed E-state index contributed by atoms with van der Waals surface area (Å²) in [7, 11) is 2.88. The summed E-state index contributed by atoms with van der Waals surface area (Å²) in [5.41, 5.74) is 0. The second kappa shape index (κ2) is 18.0. The van der Waals surface area contributed by atoms with Gasteiger partial charge in [-0.1, -0.05) is 0 Å². The van der Waals surface area contributed by atoms with E-state index in [0.717, 1.165) is 0 Å². The highest BCUT2D eigenvalue weighted by atomic mass is 19.1. The molecule has 0 fully saturated rings. The molecule has 0 aromatic carbocycles. The van der Waals surface area contributed by atoms with E-state index in [4.69, 9.17) is 5.26 Å². The number of nitrogens with zero attached hydrogens (tertiary/aromatic N) is 1. The molecule has 0 aromatic heterocycles. The van der Waals surface area contributed by atoms with Crippen molar-refractivity contribution >= 4 is 7.56 Å². The van der Waals surface area contributed by atoms with E-state index in [1.165, 1.54) is 5.97 Å². The second-order valence-electron chi connectivity index (χ2n) is 0.792. The maximum Gasteiger partial charge on any atom is 0.445 e. The summed E-state index contributed by atoms with van der Waals surface area (Å²) < 4.78 is 10.4. The summed E-state index contributed by atoms with van der Waals surface area (Å²) >= 11 is 0. The second-order valence-corrected chi connectivity index (χ2v) is 0.792. The van der Waals surface area contributed by atoms with E-state index in [1.807, 2.05) is 14.1 Å². The van der Waals surface area contributed by atoms with Crippen molar-refractivity contribution in [3.8, 4) is 5.97 Å². The fraction of sp³-hybridized carbons (Fsp3) is 0.667. The van der Waals surface area contributed by atoms with E-state index in [0.29, 0.717) is 0 Å². The van der Waals surface area contributed by atoms with Crippen LogP contribution in [0.5, 0.6) is 0 Å². The lowest BCUT2D eigenvalue weighted by Crippen LogP contribution is -1.89. The summed E-state index contributed by atoms with van der Waals surface area (Å²) in [5.74, 6) is 1.26. The van der Waals surface area contributed by atoms with Crippen molar-refractivity contribution < 1.29 is 4.32 Å². The van der Waals surface area contributed by atoms with E-state index in [2.05, 4.69) is 5.32 Å². The van der Waals surface area contributed by atoms with Crippen LogP contribution in [0.4, 0.5) is 4.32 Å². The molecule has 0 spiro atoms. The largest absolute Gasteiger partial charge is 0.445 e. The summed E-state index contributed by atoms with van der Waals surface area (Å²) in [4.78, 5) is 0. The van der Waals surface area contributed by atoms with Crippen LogP contribution in [0.15, 0.2) is 0 Å². The van der Waals surface area contributed by atoms with Gasteiger partial charge >= 0.3 is 7.56 Å². The van der Waals surface area contributed by atoms with Crippen LogP contribution in [-0.4, -0.2) is 21.7 Å². The van der Waals surface area contributed by atoms with Crippen molar-refractivity contribution in [2.75, 3.05) is 14.1 Å². The molecule has 40 valence electrons. The molecular formula is C3H8BFN2. The van der Waals surface area contributed by atoms with Crippen molar-refractivity contribution in [3.05, 3.63) is 0 Å². The zero-order valence-corrected chi connectivity index (χ0v) is 4.53. The predicted octanol–water partition coefficient (Wildman–Crippen LogP) is -0.376. The third-order valence-corrected chi connectivity index (χ3v) is 0.0598. The van der Waals surface area contributed by atoms with Crippen LogP contribution >= 0.6 is 0 Å². The minimum atomic E-state index is -0.875. The molecule has 0 bridgehead atoms. The van der Waals surface area contributed by atoms with Gasteiger partial charge < -0.3 is 9.63 Å². The topological polar surface area (TPSA) is 35.8 Å². The molecule has 0 saturated heterocycles. The molecule has 0 amide bonds. The van der Waals surface area contributed by atoms with Crippen molar-refractivity contribution in [3.63, 3.8) is 0 Å². The Morgan fingerprint density at radius 2 is 1.86 bits per heavy atom. The molecule has 0 aliphatic heterocycles. The van der Waals surface area contributed by atoms with Crippen molar-refractivity contribution in [2.24, 2.45) is 0 Å². The average molecular weight is 102 g/mol. The molecule has 0 unspecified atom stereocenters. The number of hydrogen-bond acceptors (Lipinski definition) is 2. The van der Waals surface area contributed by atoms with Gasteiger partial charge in [0.1, 0.15) is 0 Å². The highest BCUT2D eigenvalue weighted by Gasteiger charge is 1.65. The Morgan fingerprint density at radius 1 is 1.71 bits per heavy atom. The first-order valence-electron chi connectivity index (χ1n) is 1.84. The normalized spacial score (nSPS) is 4.86. The Bertz CT molecular complexity index is 51.4. The molecule has 0 rings (SSSR count). The lowest BCUT2D eigenvalue weighted by Gasteiger charge is -1.59. The molecule has 0 radical (unpaired) electrons. The first kappa shape index (κ1) is 9.67. The molecule has 0 atom stereocenters. The van der Waals surface area contributed by atoms with E-state index in [1.54, 1.807) is 0 Å². The molecule has 0 aliphatic rings. The van der Waals surface area contributed by atoms with Gasteiger partial charge in [-0.2, -0.15) is 0 Å². The van der Waals surface area contributed by atoms with Gasteiger partial charge in [0.2, 0.25) is 0 Å². The Labute approximate surface area is 43.6 Å². The Morgan fingerprint density at radius 3 is 1.86 bits per heavy atom. The minimum Gasteiger partial charge on any atom is -0.323 e. The molecule has 1 N–H and O–H groups in total. The molecule has 0 saturated carbocycles. The van der Waals surface area contributed by atoms with Crippen LogP contribution in [0.2, 0.25) is 0 Å². The molecule has 4 heteroatoms. The maximum absolute atomic E-state index is 10.4. The third kappa shape index (κ3) is 326. The van der Waals surface area contributed by atoms with Crippen LogP contribution in [-0.2, 0) is 0 Å². The average Bonchev–Trinajstić information content (AvgIpc) is 1.69. The van der Waals surface area contributed by atoms with Gasteiger partial charge in [-0.3, -0.25) is 0 Å². The van der Waals surface area contributed by atoms with Crippen LogP contribution < -0.4 is 5.32 Å². The SMILES string of the molecule is CNC.N#CBF. The highest BCUT2D eigenvalue weighted by Crippen LogP contribution is 1.44. The molecule has 0 heterocycles. The van der Waals surface area contributed by atoms with Gasteiger partial charge in [0.05, 0.1) is 0 Å². The Hall–Kier alpha value is -0.555. The maximum atomic E-state index is 10.4. The number of rotatable bonds is 0. The van der Waals surface area contributed by atoms with Crippen molar-refractivity contribution in [1.82, 2.24) is 5.32 Å². The quantitative estimate of drug-likeness (QED) is 0.423. The predicted molar refractivity (Wildman–Crippen MR) is 28.9 cm³/mol. The van der Waals surface area contributed by atoms with E-state index in [-0.39, 0.29) is 0 Å². The van der Waals surface area contributed by atoms with Gasteiger partial charge in [0.15, 0.2) is 0 Å². The third-order valence-electron chi connectivity index (χ3n) is 0.0598. The van der Waals surface area contributed by atoms with Gasteiger partial charge in [-0.15, -0.1) is 0 Å². The first-order valence-corrected chi connectivity index (χ1v) is 1.84. The number of nitriles is 1. The summed E-state index contributed by atoms with van der Waals surface area (Å²) in [6, 6.07) is 0. The van der Waals surface area contributed by atoms with E-state index in [9.17, 15) is 4.32 Å². The van der Waals surface area contributed by atoms with Gasteiger partial charge in [-0.25, -0.2) is 5.26 Å². The standard InChI is InChI=1S/C2H7N.CHBFN/c1-3-2;3-2-1-4/h3H,1-2H3;2H. The molecule has 0 aromatic rings. The molecule has 7 heavy (non-hydrogen) atoms. The first-order chi connectivity index (χ1) is 3.33. The van der Waals surface area contributed by atoms with Gasteiger partial charge in [0.25, 0.3) is 0 Å². The molecule has 2 nitrogen and oxygen atoms in total. The zero-order chi connectivity index (χ0) is 6.12. The van der Waals surface area contributed by atoms with E-state index < -0.39 is 7.56 Å². The minimum absolute atomic E-state index is 0.875. The van der Waals surface area contributed by atoms with Crippen LogP contribution in [0.3, 0.4) is 0 Å². The number of hydrogen-bond donors (Lipinski definition) is 1. The zero-order valence-electron chi connectivity index (χ0n) is 4.53. The summed E-state index contributed by atoms with van der Waals surface area (Å²) in [6.07, 6.45) is 0. The van der Waals surface area contributed by atoms with Gasteiger partial charge in [0, 0.05) is 5.97 Å². The van der Waals surface area contributed by atoms with Crippen molar-refractivity contribution in [1.29, 1.82) is 5.26 Å². The fourth-order valence-corrected chi connectivity index (χ4v) is 0. The summed E-state index contributed by atoms with van der Waals surface area (Å²) in [6.45, 7) is 0. The van der Waals surface area contributed by atoms with Crippen LogP contribution in [0.25, 0.3) is 0 Å². The lowest BCUT2D eigenvalue weighted by atomic mass is 10.1. The fourth-order valence-electron chi connectivity index (χ4n) is 0.